The van der Waals surface area contributed by atoms with Gasteiger partial charge in [0.15, 0.2) is 0 Å². The van der Waals surface area contributed by atoms with Gasteiger partial charge in [0.05, 0.1) is 4.90 Å². The predicted octanol–water partition coefficient (Wildman–Crippen LogP) is 1.13. The molecule has 0 atom stereocenters. The molecule has 7 nitrogen and oxygen atoms in total. The van der Waals surface area contributed by atoms with Crippen molar-refractivity contribution in [3.8, 4) is 0 Å². The summed E-state index contributed by atoms with van der Waals surface area (Å²) < 4.78 is 25.4. The van der Waals surface area contributed by atoms with Crippen LogP contribution in [0.15, 0.2) is 29.2 Å². The van der Waals surface area contributed by atoms with Gasteiger partial charge in [0.25, 0.3) is 0 Å². The van der Waals surface area contributed by atoms with E-state index in [0.717, 1.165) is 4.31 Å². The van der Waals surface area contributed by atoms with Gasteiger partial charge in [-0.1, -0.05) is 6.07 Å². The Hall–Kier alpha value is -1.93. The van der Waals surface area contributed by atoms with Crippen molar-refractivity contribution in [1.29, 1.82) is 0 Å². The molecule has 8 heteroatoms. The zero-order chi connectivity index (χ0) is 17.9. The van der Waals surface area contributed by atoms with Crippen LogP contribution in [-0.2, 0) is 19.6 Å². The minimum absolute atomic E-state index is 0.0236. The lowest BCUT2D eigenvalue weighted by atomic mass is 9.96. The number of nitrogens with zero attached hydrogens (tertiary/aromatic N) is 2. The maximum Gasteiger partial charge on any atom is 0.242 e. The number of rotatable bonds is 4. The SMILES string of the molecule is CC(=O)N1CCC(C(=O)Nc2cccc(S(=O)(=O)N(C)C)c2)CC1. The number of likely N-dealkylation sites (tertiary alicyclic amines) is 1. The molecule has 0 saturated carbocycles. The van der Waals surface area contributed by atoms with Crippen LogP contribution in [0.4, 0.5) is 5.69 Å². The summed E-state index contributed by atoms with van der Waals surface area (Å²) in [5.41, 5.74) is 0.455. The molecule has 0 bridgehead atoms. The number of anilines is 1. The van der Waals surface area contributed by atoms with Gasteiger partial charge in [-0.2, -0.15) is 0 Å². The molecule has 24 heavy (non-hydrogen) atoms. The minimum atomic E-state index is -3.54. The van der Waals surface area contributed by atoms with Gasteiger partial charge in [0.1, 0.15) is 0 Å². The summed E-state index contributed by atoms with van der Waals surface area (Å²) in [4.78, 5) is 25.5. The van der Waals surface area contributed by atoms with E-state index in [-0.39, 0.29) is 22.6 Å². The fourth-order valence-electron chi connectivity index (χ4n) is 2.65. The Bertz CT molecular complexity index is 723. The Morgan fingerprint density at radius 2 is 1.83 bits per heavy atom. The van der Waals surface area contributed by atoms with Crippen molar-refractivity contribution in [2.24, 2.45) is 5.92 Å². The number of hydrogen-bond donors (Lipinski definition) is 1. The molecule has 1 aromatic rings. The van der Waals surface area contributed by atoms with E-state index >= 15 is 0 Å². The summed E-state index contributed by atoms with van der Waals surface area (Å²) in [6.45, 7) is 2.67. The second kappa shape index (κ2) is 7.31. The van der Waals surface area contributed by atoms with Crippen molar-refractivity contribution in [3.05, 3.63) is 24.3 Å². The van der Waals surface area contributed by atoms with E-state index in [4.69, 9.17) is 0 Å². The fourth-order valence-corrected chi connectivity index (χ4v) is 3.59. The third-order valence-corrected chi connectivity index (χ3v) is 6.00. The lowest BCUT2D eigenvalue weighted by Crippen LogP contribution is -2.40. The Kier molecular flexibility index (Phi) is 5.61. The first kappa shape index (κ1) is 18.4. The zero-order valence-electron chi connectivity index (χ0n) is 14.2. The Morgan fingerprint density at radius 3 is 2.38 bits per heavy atom. The topological polar surface area (TPSA) is 86.8 Å². The highest BCUT2D eigenvalue weighted by molar-refractivity contribution is 7.89. The summed E-state index contributed by atoms with van der Waals surface area (Å²) in [6.07, 6.45) is 1.22. The van der Waals surface area contributed by atoms with Crippen molar-refractivity contribution in [1.82, 2.24) is 9.21 Å². The number of nitrogens with one attached hydrogen (secondary N) is 1. The smallest absolute Gasteiger partial charge is 0.242 e. The van der Waals surface area contributed by atoms with Crippen molar-refractivity contribution < 1.29 is 18.0 Å². The van der Waals surface area contributed by atoms with Crippen LogP contribution in [0.25, 0.3) is 0 Å². The van der Waals surface area contributed by atoms with Crippen molar-refractivity contribution in [3.63, 3.8) is 0 Å². The van der Waals surface area contributed by atoms with Gasteiger partial charge >= 0.3 is 0 Å². The van der Waals surface area contributed by atoms with Crippen LogP contribution in [0.2, 0.25) is 0 Å². The number of piperidine rings is 1. The molecule has 0 aromatic heterocycles. The van der Waals surface area contributed by atoms with Gasteiger partial charge in [-0.05, 0) is 31.0 Å². The summed E-state index contributed by atoms with van der Waals surface area (Å²) in [5.74, 6) is -0.289. The van der Waals surface area contributed by atoms with E-state index in [2.05, 4.69) is 5.32 Å². The van der Waals surface area contributed by atoms with E-state index in [1.807, 2.05) is 0 Å². The molecule has 2 rings (SSSR count). The van der Waals surface area contributed by atoms with Crippen LogP contribution in [0, 0.1) is 5.92 Å². The quantitative estimate of drug-likeness (QED) is 0.879. The summed E-state index contributed by atoms with van der Waals surface area (Å²) >= 11 is 0. The molecular weight excluding hydrogens is 330 g/mol. The highest BCUT2D eigenvalue weighted by Crippen LogP contribution is 2.22. The maximum absolute atomic E-state index is 12.4. The first-order valence-electron chi connectivity index (χ1n) is 7.81. The van der Waals surface area contributed by atoms with Crippen LogP contribution in [-0.4, -0.2) is 56.6 Å². The largest absolute Gasteiger partial charge is 0.343 e. The second-order valence-electron chi connectivity index (χ2n) is 6.08. The highest BCUT2D eigenvalue weighted by Gasteiger charge is 2.26. The Balaban J connectivity index is 2.04. The second-order valence-corrected chi connectivity index (χ2v) is 8.24. The molecule has 0 spiro atoms. The number of hydrogen-bond acceptors (Lipinski definition) is 4. The van der Waals surface area contributed by atoms with Crippen molar-refractivity contribution >= 4 is 27.5 Å². The van der Waals surface area contributed by atoms with Crippen molar-refractivity contribution in [2.75, 3.05) is 32.5 Å². The molecule has 0 unspecified atom stereocenters. The van der Waals surface area contributed by atoms with E-state index in [9.17, 15) is 18.0 Å². The van der Waals surface area contributed by atoms with Gasteiger partial charge in [-0.25, -0.2) is 12.7 Å². The molecule has 0 radical (unpaired) electrons. The molecule has 1 N–H and O–H groups in total. The summed E-state index contributed by atoms with van der Waals surface area (Å²) in [6, 6.07) is 6.22. The average Bonchev–Trinajstić information content (AvgIpc) is 2.55. The Morgan fingerprint density at radius 1 is 1.21 bits per heavy atom. The molecule has 1 saturated heterocycles. The van der Waals surface area contributed by atoms with E-state index < -0.39 is 10.0 Å². The van der Waals surface area contributed by atoms with E-state index in [0.29, 0.717) is 31.6 Å². The van der Waals surface area contributed by atoms with Gasteiger partial charge in [0.2, 0.25) is 21.8 Å². The molecule has 132 valence electrons. The van der Waals surface area contributed by atoms with Crippen LogP contribution in [0.3, 0.4) is 0 Å². The molecule has 0 aliphatic carbocycles. The zero-order valence-corrected chi connectivity index (χ0v) is 15.0. The average molecular weight is 353 g/mol. The number of benzene rings is 1. The molecule has 1 aliphatic heterocycles. The summed E-state index contributed by atoms with van der Waals surface area (Å²) in [5, 5.41) is 2.78. The summed E-state index contributed by atoms with van der Waals surface area (Å²) in [7, 11) is -0.616. The number of sulfonamides is 1. The highest BCUT2D eigenvalue weighted by atomic mass is 32.2. The van der Waals surface area contributed by atoms with Crippen LogP contribution in [0.5, 0.6) is 0 Å². The predicted molar refractivity (Wildman–Crippen MR) is 90.9 cm³/mol. The fraction of sp³-hybridized carbons (Fsp3) is 0.500. The molecule has 2 amide bonds. The first-order valence-corrected chi connectivity index (χ1v) is 9.25. The van der Waals surface area contributed by atoms with Crippen LogP contribution >= 0.6 is 0 Å². The molecule has 1 heterocycles. The standard InChI is InChI=1S/C16H23N3O4S/c1-12(20)19-9-7-13(8-10-19)16(21)17-14-5-4-6-15(11-14)24(22,23)18(2)3/h4-6,11,13H,7-10H2,1-3H3,(H,17,21). The normalized spacial score (nSPS) is 16.2. The first-order chi connectivity index (χ1) is 11.2. The molecule has 1 aliphatic rings. The molecule has 1 fully saturated rings. The number of carbonyl (C=O) groups is 2. The van der Waals surface area contributed by atoms with Gasteiger partial charge in [-0.15, -0.1) is 0 Å². The number of carbonyl (C=O) groups excluding carboxylic acids is 2. The maximum atomic E-state index is 12.4. The lowest BCUT2D eigenvalue weighted by molar-refractivity contribution is -0.132. The van der Waals surface area contributed by atoms with Gasteiger partial charge in [-0.3, -0.25) is 9.59 Å². The third kappa shape index (κ3) is 4.12. The van der Waals surface area contributed by atoms with E-state index in [1.54, 1.807) is 17.0 Å². The lowest BCUT2D eigenvalue weighted by Gasteiger charge is -2.30. The van der Waals surface area contributed by atoms with Gasteiger partial charge in [0, 0.05) is 45.7 Å². The minimum Gasteiger partial charge on any atom is -0.343 e. The van der Waals surface area contributed by atoms with Gasteiger partial charge < -0.3 is 10.2 Å². The molecular formula is C16H23N3O4S. The van der Waals surface area contributed by atoms with Crippen molar-refractivity contribution in [2.45, 2.75) is 24.7 Å². The Labute approximate surface area is 142 Å². The van der Waals surface area contributed by atoms with Crippen LogP contribution < -0.4 is 5.32 Å². The monoisotopic (exact) mass is 353 g/mol. The number of amides is 2. The van der Waals surface area contributed by atoms with E-state index in [1.165, 1.54) is 33.2 Å². The van der Waals surface area contributed by atoms with Crippen LogP contribution in [0.1, 0.15) is 19.8 Å². The third-order valence-electron chi connectivity index (χ3n) is 4.19. The molecule has 1 aromatic carbocycles.